The maximum atomic E-state index is 8.80. The van der Waals surface area contributed by atoms with Crippen LogP contribution in [0, 0.1) is 0 Å². The molecule has 0 aromatic rings. The summed E-state index contributed by atoms with van der Waals surface area (Å²) in [6, 6.07) is -0.0836. The van der Waals surface area contributed by atoms with Gasteiger partial charge in [-0.15, -0.1) is 0 Å². The zero-order chi connectivity index (χ0) is 11.1. The molecule has 2 atom stereocenters. The Morgan fingerprint density at radius 1 is 1.53 bits per heavy atom. The van der Waals surface area contributed by atoms with Crippen LogP contribution >= 0.6 is 0 Å². The van der Waals surface area contributed by atoms with Crippen LogP contribution in [0.3, 0.4) is 0 Å². The SMILES string of the molecule is CN(CCC(N)CO)CC1CCCCO1. The summed E-state index contributed by atoms with van der Waals surface area (Å²) in [6.07, 6.45) is 4.91. The van der Waals surface area contributed by atoms with Gasteiger partial charge in [0.1, 0.15) is 0 Å². The first kappa shape index (κ1) is 12.9. The van der Waals surface area contributed by atoms with Gasteiger partial charge in [-0.3, -0.25) is 0 Å². The maximum absolute atomic E-state index is 8.80. The van der Waals surface area contributed by atoms with Gasteiger partial charge in [0.15, 0.2) is 0 Å². The minimum atomic E-state index is -0.0836. The number of likely N-dealkylation sites (N-methyl/N-ethyl adjacent to an activating group) is 1. The molecule has 0 aliphatic carbocycles. The Hall–Kier alpha value is -0.160. The van der Waals surface area contributed by atoms with E-state index in [2.05, 4.69) is 11.9 Å². The summed E-state index contributed by atoms with van der Waals surface area (Å²) in [5.41, 5.74) is 5.65. The summed E-state index contributed by atoms with van der Waals surface area (Å²) in [4.78, 5) is 2.24. The highest BCUT2D eigenvalue weighted by atomic mass is 16.5. The second kappa shape index (κ2) is 7.17. The van der Waals surface area contributed by atoms with Crippen molar-refractivity contribution in [1.29, 1.82) is 0 Å². The summed E-state index contributed by atoms with van der Waals surface area (Å²) in [7, 11) is 2.09. The van der Waals surface area contributed by atoms with Crippen molar-refractivity contribution in [2.24, 2.45) is 5.73 Å². The molecule has 0 spiro atoms. The highest BCUT2D eigenvalue weighted by Crippen LogP contribution is 2.13. The number of ether oxygens (including phenoxy) is 1. The molecule has 1 saturated heterocycles. The van der Waals surface area contributed by atoms with E-state index in [1.54, 1.807) is 0 Å². The van der Waals surface area contributed by atoms with Gasteiger partial charge in [-0.25, -0.2) is 0 Å². The molecule has 1 heterocycles. The number of aliphatic hydroxyl groups excluding tert-OH is 1. The second-order valence-corrected chi connectivity index (χ2v) is 4.48. The first-order chi connectivity index (χ1) is 7.22. The third-order valence-electron chi connectivity index (χ3n) is 2.91. The monoisotopic (exact) mass is 216 g/mol. The lowest BCUT2D eigenvalue weighted by Crippen LogP contribution is -2.36. The molecular formula is C11H24N2O2. The van der Waals surface area contributed by atoms with Gasteiger partial charge in [0.2, 0.25) is 0 Å². The number of hydrogen-bond donors (Lipinski definition) is 2. The highest BCUT2D eigenvalue weighted by molar-refractivity contribution is 4.69. The van der Waals surface area contributed by atoms with Crippen molar-refractivity contribution in [3.63, 3.8) is 0 Å². The largest absolute Gasteiger partial charge is 0.395 e. The molecule has 0 radical (unpaired) electrons. The molecule has 4 nitrogen and oxygen atoms in total. The third-order valence-corrected chi connectivity index (χ3v) is 2.91. The zero-order valence-electron chi connectivity index (χ0n) is 9.69. The fraction of sp³-hybridized carbons (Fsp3) is 1.00. The molecule has 90 valence electrons. The number of rotatable bonds is 6. The Balaban J connectivity index is 2.08. The van der Waals surface area contributed by atoms with E-state index in [0.717, 1.165) is 26.1 Å². The van der Waals surface area contributed by atoms with Gasteiger partial charge >= 0.3 is 0 Å². The zero-order valence-corrected chi connectivity index (χ0v) is 9.69. The normalized spacial score (nSPS) is 24.4. The van der Waals surface area contributed by atoms with Crippen molar-refractivity contribution < 1.29 is 9.84 Å². The fourth-order valence-corrected chi connectivity index (χ4v) is 1.87. The predicted octanol–water partition coefficient (Wildman–Crippen LogP) is 0.197. The topological polar surface area (TPSA) is 58.7 Å². The average molecular weight is 216 g/mol. The van der Waals surface area contributed by atoms with Crippen LogP contribution in [-0.2, 0) is 4.74 Å². The van der Waals surface area contributed by atoms with E-state index in [-0.39, 0.29) is 12.6 Å². The van der Waals surface area contributed by atoms with Gasteiger partial charge in [-0.2, -0.15) is 0 Å². The molecule has 4 heteroatoms. The van der Waals surface area contributed by atoms with E-state index in [1.807, 2.05) is 0 Å². The van der Waals surface area contributed by atoms with Crippen LogP contribution in [0.15, 0.2) is 0 Å². The number of nitrogens with two attached hydrogens (primary N) is 1. The summed E-state index contributed by atoms with van der Waals surface area (Å²) in [5.74, 6) is 0. The quantitative estimate of drug-likeness (QED) is 0.666. The van der Waals surface area contributed by atoms with E-state index in [1.165, 1.54) is 19.3 Å². The fourth-order valence-electron chi connectivity index (χ4n) is 1.87. The Morgan fingerprint density at radius 3 is 2.93 bits per heavy atom. The third kappa shape index (κ3) is 5.47. The van der Waals surface area contributed by atoms with Crippen molar-refractivity contribution in [3.8, 4) is 0 Å². The van der Waals surface area contributed by atoms with Gasteiger partial charge in [-0.1, -0.05) is 0 Å². The van der Waals surface area contributed by atoms with E-state index in [9.17, 15) is 0 Å². The van der Waals surface area contributed by atoms with Crippen LogP contribution in [-0.4, -0.2) is 55.5 Å². The van der Waals surface area contributed by atoms with E-state index < -0.39 is 0 Å². The maximum Gasteiger partial charge on any atom is 0.0701 e. The van der Waals surface area contributed by atoms with Crippen molar-refractivity contribution in [3.05, 3.63) is 0 Å². The van der Waals surface area contributed by atoms with Crippen LogP contribution in [0.2, 0.25) is 0 Å². The van der Waals surface area contributed by atoms with Gasteiger partial charge in [0, 0.05) is 19.2 Å². The first-order valence-corrected chi connectivity index (χ1v) is 5.89. The van der Waals surface area contributed by atoms with Crippen molar-refractivity contribution in [2.45, 2.75) is 37.8 Å². The van der Waals surface area contributed by atoms with Gasteiger partial charge in [0.05, 0.1) is 12.7 Å². The summed E-state index contributed by atoms with van der Waals surface area (Å²) in [5, 5.41) is 8.80. The molecule has 1 fully saturated rings. The predicted molar refractivity (Wildman–Crippen MR) is 60.8 cm³/mol. The van der Waals surface area contributed by atoms with Gasteiger partial charge in [0.25, 0.3) is 0 Å². The first-order valence-electron chi connectivity index (χ1n) is 5.89. The number of aliphatic hydroxyl groups is 1. The molecular weight excluding hydrogens is 192 g/mol. The van der Waals surface area contributed by atoms with Crippen LogP contribution < -0.4 is 5.73 Å². The van der Waals surface area contributed by atoms with Crippen LogP contribution in [0.4, 0.5) is 0 Å². The molecule has 1 aliphatic rings. The highest BCUT2D eigenvalue weighted by Gasteiger charge is 2.15. The second-order valence-electron chi connectivity index (χ2n) is 4.48. The van der Waals surface area contributed by atoms with Crippen LogP contribution in [0.25, 0.3) is 0 Å². The molecule has 0 aromatic heterocycles. The smallest absolute Gasteiger partial charge is 0.0701 e. The lowest BCUT2D eigenvalue weighted by molar-refractivity contribution is -0.00190. The minimum absolute atomic E-state index is 0.0772. The number of nitrogens with zero attached hydrogens (tertiary/aromatic N) is 1. The number of hydrogen-bond acceptors (Lipinski definition) is 4. The lowest BCUT2D eigenvalue weighted by Gasteiger charge is -2.27. The van der Waals surface area contributed by atoms with Gasteiger partial charge < -0.3 is 20.5 Å². The summed E-state index contributed by atoms with van der Waals surface area (Å²) in [6.45, 7) is 2.90. The molecule has 15 heavy (non-hydrogen) atoms. The van der Waals surface area contributed by atoms with Gasteiger partial charge in [-0.05, 0) is 39.3 Å². The van der Waals surface area contributed by atoms with E-state index in [0.29, 0.717) is 6.10 Å². The van der Waals surface area contributed by atoms with Crippen LogP contribution in [0.1, 0.15) is 25.7 Å². The molecule has 1 rings (SSSR count). The molecule has 3 N–H and O–H groups in total. The summed E-state index contributed by atoms with van der Waals surface area (Å²) < 4.78 is 5.66. The molecule has 0 saturated carbocycles. The Labute approximate surface area is 92.4 Å². The minimum Gasteiger partial charge on any atom is -0.395 e. The molecule has 0 amide bonds. The van der Waals surface area contributed by atoms with E-state index >= 15 is 0 Å². The standard InChI is InChI=1S/C11H24N2O2/c1-13(6-5-10(12)9-14)8-11-4-2-3-7-15-11/h10-11,14H,2-9,12H2,1H3. The van der Waals surface area contributed by atoms with E-state index in [4.69, 9.17) is 15.6 Å². The Bertz CT molecular complexity index is 161. The van der Waals surface area contributed by atoms with Crippen molar-refractivity contribution in [2.75, 3.05) is 33.4 Å². The van der Waals surface area contributed by atoms with Crippen LogP contribution in [0.5, 0.6) is 0 Å². The van der Waals surface area contributed by atoms with Crippen molar-refractivity contribution in [1.82, 2.24) is 4.90 Å². The Kier molecular flexibility index (Phi) is 6.17. The Morgan fingerprint density at radius 2 is 2.33 bits per heavy atom. The molecule has 0 aromatic carbocycles. The summed E-state index contributed by atoms with van der Waals surface area (Å²) >= 11 is 0. The molecule has 0 bridgehead atoms. The lowest BCUT2D eigenvalue weighted by atomic mass is 10.1. The molecule has 2 unspecified atom stereocenters. The molecule has 1 aliphatic heterocycles. The van der Waals surface area contributed by atoms with Crippen molar-refractivity contribution >= 4 is 0 Å². The average Bonchev–Trinajstić information content (AvgIpc) is 2.27.